The van der Waals surface area contributed by atoms with Crippen molar-refractivity contribution in [2.24, 2.45) is 11.8 Å². The Bertz CT molecular complexity index is 412. The molecule has 0 aliphatic heterocycles. The van der Waals surface area contributed by atoms with Crippen LogP contribution in [0.25, 0.3) is 0 Å². The Balaban J connectivity index is 3.01. The van der Waals surface area contributed by atoms with Crippen LogP contribution < -0.4 is 5.56 Å². The maximum atomic E-state index is 11.8. The highest BCUT2D eigenvalue weighted by molar-refractivity contribution is 7.80. The SMILES string of the molecule is Cc1cc(=O)n(CC(CS)C(C)C)c(C)n1. The van der Waals surface area contributed by atoms with Gasteiger partial charge in [0.1, 0.15) is 5.82 Å². The molecular formula is C12H20N2OS. The molecular weight excluding hydrogens is 220 g/mol. The van der Waals surface area contributed by atoms with Gasteiger partial charge in [-0.2, -0.15) is 12.6 Å². The molecule has 0 radical (unpaired) electrons. The van der Waals surface area contributed by atoms with Gasteiger partial charge in [0.25, 0.3) is 5.56 Å². The predicted octanol–water partition coefficient (Wildman–Crippen LogP) is 2.06. The van der Waals surface area contributed by atoms with Crippen LogP contribution in [-0.4, -0.2) is 15.3 Å². The largest absolute Gasteiger partial charge is 0.297 e. The summed E-state index contributed by atoms with van der Waals surface area (Å²) in [6.45, 7) is 8.74. The molecule has 0 N–H and O–H groups in total. The van der Waals surface area contributed by atoms with Gasteiger partial charge in [-0.25, -0.2) is 4.98 Å². The van der Waals surface area contributed by atoms with Crippen molar-refractivity contribution in [2.75, 3.05) is 5.75 Å². The molecule has 1 rings (SSSR count). The van der Waals surface area contributed by atoms with Gasteiger partial charge in [0, 0.05) is 18.3 Å². The Labute approximate surface area is 102 Å². The first-order chi connectivity index (χ1) is 7.45. The van der Waals surface area contributed by atoms with Crippen LogP contribution in [0.5, 0.6) is 0 Å². The van der Waals surface area contributed by atoms with E-state index in [0.29, 0.717) is 18.4 Å². The molecule has 1 atom stereocenters. The molecule has 1 aromatic rings. The first-order valence-electron chi connectivity index (χ1n) is 5.61. The molecule has 1 heterocycles. The lowest BCUT2D eigenvalue weighted by Gasteiger charge is -2.20. The number of rotatable bonds is 4. The third kappa shape index (κ3) is 3.11. The minimum atomic E-state index is 0.0393. The van der Waals surface area contributed by atoms with E-state index in [-0.39, 0.29) is 5.56 Å². The van der Waals surface area contributed by atoms with E-state index in [9.17, 15) is 4.79 Å². The lowest BCUT2D eigenvalue weighted by Crippen LogP contribution is -2.29. The summed E-state index contributed by atoms with van der Waals surface area (Å²) in [5, 5.41) is 0. The van der Waals surface area contributed by atoms with Gasteiger partial charge in [-0.05, 0) is 31.4 Å². The molecule has 3 nitrogen and oxygen atoms in total. The Morgan fingerprint density at radius 1 is 1.44 bits per heavy atom. The fourth-order valence-electron chi connectivity index (χ4n) is 1.70. The van der Waals surface area contributed by atoms with Gasteiger partial charge in [-0.15, -0.1) is 0 Å². The maximum absolute atomic E-state index is 11.8. The lowest BCUT2D eigenvalue weighted by atomic mass is 9.98. The molecule has 0 spiro atoms. The van der Waals surface area contributed by atoms with Gasteiger partial charge in [-0.1, -0.05) is 13.8 Å². The third-order valence-corrected chi connectivity index (χ3v) is 3.39. The quantitative estimate of drug-likeness (QED) is 0.818. The number of nitrogens with zero attached hydrogens (tertiary/aromatic N) is 2. The van der Waals surface area contributed by atoms with Crippen LogP contribution in [0.1, 0.15) is 25.4 Å². The minimum Gasteiger partial charge on any atom is -0.297 e. The molecule has 0 amide bonds. The van der Waals surface area contributed by atoms with Crippen LogP contribution in [0.4, 0.5) is 0 Å². The summed E-state index contributed by atoms with van der Waals surface area (Å²) >= 11 is 4.34. The minimum absolute atomic E-state index is 0.0393. The number of hydrogen-bond donors (Lipinski definition) is 1. The second-order valence-electron chi connectivity index (χ2n) is 4.58. The summed E-state index contributed by atoms with van der Waals surface area (Å²) in [7, 11) is 0. The van der Waals surface area contributed by atoms with Crippen molar-refractivity contribution in [2.45, 2.75) is 34.2 Å². The van der Waals surface area contributed by atoms with Crippen LogP contribution >= 0.6 is 12.6 Å². The highest BCUT2D eigenvalue weighted by atomic mass is 32.1. The summed E-state index contributed by atoms with van der Waals surface area (Å²) in [4.78, 5) is 16.2. The van der Waals surface area contributed by atoms with Gasteiger partial charge in [0.2, 0.25) is 0 Å². The first kappa shape index (κ1) is 13.3. The topological polar surface area (TPSA) is 34.9 Å². The van der Waals surface area contributed by atoms with Crippen LogP contribution in [0, 0.1) is 25.7 Å². The molecule has 0 aliphatic rings. The summed E-state index contributed by atoms with van der Waals surface area (Å²) in [5.74, 6) is 2.50. The summed E-state index contributed by atoms with van der Waals surface area (Å²) < 4.78 is 1.74. The van der Waals surface area contributed by atoms with Crippen molar-refractivity contribution in [3.05, 3.63) is 27.9 Å². The van der Waals surface area contributed by atoms with Crippen LogP contribution in [-0.2, 0) is 6.54 Å². The van der Waals surface area contributed by atoms with Crippen molar-refractivity contribution < 1.29 is 0 Å². The zero-order valence-corrected chi connectivity index (χ0v) is 11.3. The molecule has 0 fully saturated rings. The molecule has 0 bridgehead atoms. The van der Waals surface area contributed by atoms with Crippen molar-refractivity contribution in [1.29, 1.82) is 0 Å². The molecule has 1 unspecified atom stereocenters. The fourth-order valence-corrected chi connectivity index (χ4v) is 2.24. The average Bonchev–Trinajstić information content (AvgIpc) is 2.15. The Morgan fingerprint density at radius 3 is 2.50 bits per heavy atom. The average molecular weight is 240 g/mol. The smallest absolute Gasteiger partial charge is 0.253 e. The van der Waals surface area contributed by atoms with E-state index >= 15 is 0 Å². The maximum Gasteiger partial charge on any atom is 0.253 e. The molecule has 16 heavy (non-hydrogen) atoms. The van der Waals surface area contributed by atoms with Crippen LogP contribution in [0.15, 0.2) is 10.9 Å². The van der Waals surface area contributed by atoms with E-state index in [1.807, 2.05) is 13.8 Å². The lowest BCUT2D eigenvalue weighted by molar-refractivity contribution is 0.361. The van der Waals surface area contributed by atoms with Gasteiger partial charge >= 0.3 is 0 Å². The zero-order chi connectivity index (χ0) is 12.3. The van der Waals surface area contributed by atoms with E-state index in [1.165, 1.54) is 0 Å². The van der Waals surface area contributed by atoms with E-state index in [2.05, 4.69) is 31.5 Å². The molecule has 0 saturated heterocycles. The van der Waals surface area contributed by atoms with E-state index in [1.54, 1.807) is 10.6 Å². The van der Waals surface area contributed by atoms with Crippen molar-refractivity contribution >= 4 is 12.6 Å². The Kier molecular flexibility index (Phi) is 4.59. The highest BCUT2D eigenvalue weighted by Crippen LogP contribution is 2.14. The normalized spacial score (nSPS) is 13.1. The molecule has 0 saturated carbocycles. The van der Waals surface area contributed by atoms with Crippen molar-refractivity contribution in [3.63, 3.8) is 0 Å². The molecule has 0 aliphatic carbocycles. The van der Waals surface area contributed by atoms with E-state index < -0.39 is 0 Å². The molecule has 4 heteroatoms. The third-order valence-electron chi connectivity index (χ3n) is 2.92. The van der Waals surface area contributed by atoms with Gasteiger partial charge < -0.3 is 0 Å². The number of aromatic nitrogens is 2. The summed E-state index contributed by atoms with van der Waals surface area (Å²) in [5.41, 5.74) is 0.822. The second kappa shape index (κ2) is 5.53. The first-order valence-corrected chi connectivity index (χ1v) is 6.25. The van der Waals surface area contributed by atoms with Gasteiger partial charge in [0.05, 0.1) is 0 Å². The highest BCUT2D eigenvalue weighted by Gasteiger charge is 2.14. The van der Waals surface area contributed by atoms with Gasteiger partial charge in [-0.3, -0.25) is 9.36 Å². The predicted molar refractivity (Wildman–Crippen MR) is 70.2 cm³/mol. The van der Waals surface area contributed by atoms with Crippen LogP contribution in [0.2, 0.25) is 0 Å². The standard InChI is InChI=1S/C12H20N2OS/c1-8(2)11(7-16)6-14-10(4)13-9(3)5-12(14)15/h5,8,11,16H,6-7H2,1-4H3. The molecule has 0 aromatic carbocycles. The van der Waals surface area contributed by atoms with E-state index in [4.69, 9.17) is 0 Å². The number of aryl methyl sites for hydroxylation is 2. The Hall–Kier alpha value is -0.770. The molecule has 90 valence electrons. The van der Waals surface area contributed by atoms with Crippen molar-refractivity contribution in [1.82, 2.24) is 9.55 Å². The zero-order valence-electron chi connectivity index (χ0n) is 10.4. The number of thiol groups is 1. The molecule has 1 aromatic heterocycles. The van der Waals surface area contributed by atoms with E-state index in [0.717, 1.165) is 17.3 Å². The second-order valence-corrected chi connectivity index (χ2v) is 4.95. The summed E-state index contributed by atoms with van der Waals surface area (Å²) in [6.07, 6.45) is 0. The fraction of sp³-hybridized carbons (Fsp3) is 0.667. The van der Waals surface area contributed by atoms with Gasteiger partial charge in [0.15, 0.2) is 0 Å². The monoisotopic (exact) mass is 240 g/mol. The number of hydrogen-bond acceptors (Lipinski definition) is 3. The Morgan fingerprint density at radius 2 is 2.06 bits per heavy atom. The van der Waals surface area contributed by atoms with Crippen LogP contribution in [0.3, 0.4) is 0 Å². The van der Waals surface area contributed by atoms with Crippen molar-refractivity contribution in [3.8, 4) is 0 Å². The summed E-state index contributed by atoms with van der Waals surface area (Å²) in [6, 6.07) is 1.59.